The molecule has 2 nitrogen and oxygen atoms in total. The molecular weight excluding hydrogens is 480 g/mol. The quantitative estimate of drug-likeness (QED) is 0.0954. The average molecular weight is 536 g/mol. The number of alkyl halides is 1. The van der Waals surface area contributed by atoms with E-state index in [4.69, 9.17) is 15.3 Å². The Labute approximate surface area is 207 Å². The molecule has 5 heteroatoms. The molecule has 0 bridgehead atoms. The normalized spacial score (nSPS) is 12.8. The monoisotopic (exact) mass is 534 g/mol. The minimum Gasteiger partial charge on any atom is -0.417 e. The van der Waals surface area contributed by atoms with Gasteiger partial charge in [0, 0.05) is 25.0 Å². The van der Waals surface area contributed by atoms with Gasteiger partial charge in [-0.1, -0.05) is 83.2 Å². The molecule has 31 heavy (non-hydrogen) atoms. The number of hydrogen-bond donors (Lipinski definition) is 0. The van der Waals surface area contributed by atoms with Gasteiger partial charge in [0.25, 0.3) is 0 Å². The number of hydrogen-bond acceptors (Lipinski definition) is 2. The lowest BCUT2D eigenvalue weighted by Crippen LogP contribution is -2.40. The fourth-order valence-corrected chi connectivity index (χ4v) is 4.89. The van der Waals surface area contributed by atoms with Crippen LogP contribution in [0.15, 0.2) is 0 Å². The Balaban J connectivity index is 0. The van der Waals surface area contributed by atoms with Crippen LogP contribution < -0.4 is 0 Å². The summed E-state index contributed by atoms with van der Waals surface area (Å²) >= 11 is 3.45. The zero-order valence-electron chi connectivity index (χ0n) is 22.8. The van der Waals surface area contributed by atoms with Crippen LogP contribution in [0.1, 0.15) is 99.3 Å². The highest BCUT2D eigenvalue weighted by atomic mass is 79.9. The summed E-state index contributed by atoms with van der Waals surface area (Å²) in [4.78, 5) is 0. The minimum absolute atomic E-state index is 0.330. The molecule has 0 aromatic heterocycles. The SMILES string of the molecule is C#CCCCCCCO[Si](C)(C)C(C)(C)C.CC(C)(C)[Si](C)(C)OCCCCCCBr. The molecule has 0 rings (SSSR count). The van der Waals surface area contributed by atoms with Crippen LogP contribution in [-0.4, -0.2) is 35.2 Å². The Bertz CT molecular complexity index is 471. The fourth-order valence-electron chi connectivity index (χ4n) is 2.32. The summed E-state index contributed by atoms with van der Waals surface area (Å²) < 4.78 is 12.2. The van der Waals surface area contributed by atoms with E-state index < -0.39 is 16.6 Å². The number of terminal acetylenes is 1. The van der Waals surface area contributed by atoms with Crippen LogP contribution in [0.4, 0.5) is 0 Å². The Kier molecular flexibility index (Phi) is 18.3. The first-order chi connectivity index (χ1) is 14.1. The first kappa shape index (κ1) is 33.6. The van der Waals surface area contributed by atoms with E-state index in [1.807, 2.05) is 0 Å². The van der Waals surface area contributed by atoms with Crippen LogP contribution in [0, 0.1) is 12.3 Å². The van der Waals surface area contributed by atoms with Gasteiger partial charge in [-0.25, -0.2) is 0 Å². The van der Waals surface area contributed by atoms with Crippen LogP contribution in [-0.2, 0) is 8.85 Å². The molecule has 0 spiro atoms. The predicted molar refractivity (Wildman–Crippen MR) is 150 cm³/mol. The lowest BCUT2D eigenvalue weighted by molar-refractivity contribution is 0.277. The van der Waals surface area contributed by atoms with E-state index in [-0.39, 0.29) is 0 Å². The van der Waals surface area contributed by atoms with E-state index in [1.165, 1.54) is 44.9 Å². The van der Waals surface area contributed by atoms with Crippen molar-refractivity contribution >= 4 is 32.6 Å². The number of unbranched alkanes of at least 4 members (excludes halogenated alkanes) is 7. The van der Waals surface area contributed by atoms with Crippen LogP contribution in [0.3, 0.4) is 0 Å². The van der Waals surface area contributed by atoms with Crippen molar-refractivity contribution in [3.8, 4) is 12.3 Å². The molecule has 0 fully saturated rings. The molecule has 0 unspecified atom stereocenters. The summed E-state index contributed by atoms with van der Waals surface area (Å²) in [6.45, 7) is 24.9. The zero-order valence-corrected chi connectivity index (χ0v) is 26.3. The Hall–Kier alpha value is 0.394. The maximum absolute atomic E-state index is 6.10. The minimum atomic E-state index is -1.51. The van der Waals surface area contributed by atoms with Gasteiger partial charge in [-0.2, -0.15) is 0 Å². The lowest BCUT2D eigenvalue weighted by atomic mass is 10.1. The van der Waals surface area contributed by atoms with Gasteiger partial charge in [-0.05, 0) is 61.9 Å². The summed E-state index contributed by atoms with van der Waals surface area (Å²) in [5.74, 6) is 2.68. The van der Waals surface area contributed by atoms with Gasteiger partial charge in [0.05, 0.1) is 0 Å². The number of rotatable bonds is 14. The lowest BCUT2D eigenvalue weighted by Gasteiger charge is -2.36. The predicted octanol–water partition coefficient (Wildman–Crippen LogP) is 9.56. The maximum Gasteiger partial charge on any atom is 0.191 e. The molecule has 0 saturated heterocycles. The molecular formula is C26H55BrO2Si2. The second kappa shape index (κ2) is 16.9. The maximum atomic E-state index is 6.10. The summed E-state index contributed by atoms with van der Waals surface area (Å²) in [7, 11) is -3.00. The highest BCUT2D eigenvalue weighted by Crippen LogP contribution is 2.37. The van der Waals surface area contributed by atoms with E-state index in [2.05, 4.69) is 89.6 Å². The van der Waals surface area contributed by atoms with Crippen molar-refractivity contribution in [3.05, 3.63) is 0 Å². The van der Waals surface area contributed by atoms with Crippen LogP contribution in [0.5, 0.6) is 0 Å². The van der Waals surface area contributed by atoms with Gasteiger partial charge in [0.1, 0.15) is 0 Å². The standard InChI is InChI=1S/C14H28OSi.C12H27BrOSi/c1-7-8-9-10-11-12-13-15-16(5,6)14(2,3)4;1-12(2,3)15(4,5)14-11-9-7-6-8-10-13/h1H,8-13H2,2-6H3;6-11H2,1-5H3. The molecule has 0 amide bonds. The van der Waals surface area contributed by atoms with E-state index in [0.717, 1.165) is 31.4 Å². The summed E-state index contributed by atoms with van der Waals surface area (Å²) in [6.07, 6.45) is 16.1. The molecule has 0 aromatic carbocycles. The molecule has 0 heterocycles. The summed E-state index contributed by atoms with van der Waals surface area (Å²) in [6, 6.07) is 0. The third-order valence-corrected chi connectivity index (χ3v) is 16.4. The second-order valence-electron chi connectivity index (χ2n) is 11.7. The largest absolute Gasteiger partial charge is 0.417 e. The van der Waals surface area contributed by atoms with E-state index in [1.54, 1.807) is 0 Å². The van der Waals surface area contributed by atoms with Gasteiger partial charge in [0.15, 0.2) is 16.6 Å². The van der Waals surface area contributed by atoms with Crippen LogP contribution >= 0.6 is 15.9 Å². The van der Waals surface area contributed by atoms with Gasteiger partial charge >= 0.3 is 0 Å². The molecule has 0 aliphatic carbocycles. The first-order valence-corrected chi connectivity index (χ1v) is 19.3. The zero-order chi connectivity index (χ0) is 24.6. The highest BCUT2D eigenvalue weighted by molar-refractivity contribution is 9.09. The first-order valence-electron chi connectivity index (χ1n) is 12.4. The Morgan fingerprint density at radius 1 is 0.645 bits per heavy atom. The highest BCUT2D eigenvalue weighted by Gasteiger charge is 2.37. The van der Waals surface area contributed by atoms with Gasteiger partial charge in [-0.15, -0.1) is 12.3 Å². The Morgan fingerprint density at radius 2 is 1.00 bits per heavy atom. The van der Waals surface area contributed by atoms with Gasteiger partial charge in [-0.3, -0.25) is 0 Å². The third kappa shape index (κ3) is 17.5. The third-order valence-electron chi connectivity index (χ3n) is 6.78. The van der Waals surface area contributed by atoms with Crippen molar-refractivity contribution in [2.45, 2.75) is 136 Å². The van der Waals surface area contributed by atoms with Crippen LogP contribution in [0.25, 0.3) is 0 Å². The van der Waals surface area contributed by atoms with Crippen molar-refractivity contribution in [2.75, 3.05) is 18.5 Å². The fraction of sp³-hybridized carbons (Fsp3) is 0.923. The number of halogens is 1. The molecule has 186 valence electrons. The van der Waals surface area contributed by atoms with E-state index in [9.17, 15) is 0 Å². The molecule has 0 aliphatic rings. The molecule has 0 aromatic rings. The molecule has 0 atom stereocenters. The summed E-state index contributed by atoms with van der Waals surface area (Å²) in [5, 5.41) is 1.81. The van der Waals surface area contributed by atoms with Crippen molar-refractivity contribution in [3.63, 3.8) is 0 Å². The molecule has 0 saturated carbocycles. The van der Waals surface area contributed by atoms with Crippen molar-refractivity contribution in [1.82, 2.24) is 0 Å². The molecule has 0 radical (unpaired) electrons. The van der Waals surface area contributed by atoms with Gasteiger partial charge in [0.2, 0.25) is 0 Å². The smallest absolute Gasteiger partial charge is 0.191 e. The van der Waals surface area contributed by atoms with Gasteiger partial charge < -0.3 is 8.85 Å². The van der Waals surface area contributed by atoms with Crippen molar-refractivity contribution in [1.29, 1.82) is 0 Å². The van der Waals surface area contributed by atoms with Crippen molar-refractivity contribution < 1.29 is 8.85 Å². The van der Waals surface area contributed by atoms with E-state index >= 15 is 0 Å². The Morgan fingerprint density at radius 3 is 1.32 bits per heavy atom. The molecule has 0 N–H and O–H groups in total. The summed E-state index contributed by atoms with van der Waals surface area (Å²) in [5.41, 5.74) is 0. The topological polar surface area (TPSA) is 18.5 Å². The second-order valence-corrected chi connectivity index (χ2v) is 22.1. The molecule has 0 aliphatic heterocycles. The van der Waals surface area contributed by atoms with Crippen molar-refractivity contribution in [2.24, 2.45) is 0 Å². The van der Waals surface area contributed by atoms with Crippen LogP contribution in [0.2, 0.25) is 36.3 Å². The average Bonchev–Trinajstić information content (AvgIpc) is 2.62. The van der Waals surface area contributed by atoms with E-state index in [0.29, 0.717) is 10.1 Å².